The first-order chi connectivity index (χ1) is 60.3. The average Bonchev–Trinajstić information content (AvgIpc) is 1.62. The Balaban J connectivity index is 0.486. The Kier molecular flexibility index (Phi) is 41.3. The standard InChI is InChI=1S/C94H135N9O20S/c1-66(2)88(100-86(105)33-38-114-40-42-116-44-46-118-48-50-120-52-53-121-51-49-119-47-45-117-43-41-115-39-34-95-85(104)32-35-101-87(106)60-84(93(101)111)124-94(4,5)61-68-24-20-17-15-13-11-9-8-10-12-14-16-18-21-25-68)90(108)98-67(3)89(107)99-73-30-28-70(29-31-73)72-55-75-63-97-79-59-83(81(113-7)57-77(79)92(110)103(75)65-72)123-37-23-19-22-36-122-82-58-78-76(56-80(82)112-6)91(109)102-64-71(69-26-27-69)54-74(102)62-96-78/h24,28-31,56-59,62-67,69,74-75,84,88H,8-23,25-27,32-55,60-61H2,1-7H3,(H,95,104)(H,98,108)(H,99,107)(H,100,105)/b68-24+/t67-,74?,75-,84?,88-/m1/s1. The third-order valence-corrected chi connectivity index (χ3v) is 24.2. The quantitative estimate of drug-likeness (QED) is 0.0232. The zero-order chi connectivity index (χ0) is 87.8. The number of nitrogens with zero attached hydrogens (tertiary/aromatic N) is 5. The van der Waals surface area contributed by atoms with Crippen molar-refractivity contribution in [2.75, 3.05) is 152 Å². The number of likely N-dealkylation sites (tertiary alicyclic amines) is 1. The highest BCUT2D eigenvalue weighted by atomic mass is 32.2. The molecule has 0 aromatic heterocycles. The van der Waals surface area contributed by atoms with Crippen LogP contribution in [0.25, 0.3) is 5.57 Å². The van der Waals surface area contributed by atoms with E-state index in [0.29, 0.717) is 176 Å². The van der Waals surface area contributed by atoms with Crippen LogP contribution in [-0.2, 0) is 66.7 Å². The van der Waals surface area contributed by atoms with Gasteiger partial charge in [0, 0.05) is 86.2 Å². The van der Waals surface area contributed by atoms with Gasteiger partial charge in [0.25, 0.3) is 11.8 Å². The van der Waals surface area contributed by atoms with Gasteiger partial charge in [0.15, 0.2) is 23.0 Å². The first kappa shape index (κ1) is 97.6. The first-order valence-electron chi connectivity index (χ1n) is 45.2. The number of unbranched alkanes of at least 4 members (excludes halogenated alkanes) is 2. The zero-order valence-corrected chi connectivity index (χ0v) is 75.0. The Hall–Kier alpha value is -8.59. The second kappa shape index (κ2) is 52.5. The second-order valence-corrected chi connectivity index (χ2v) is 35.5. The van der Waals surface area contributed by atoms with E-state index < -0.39 is 29.1 Å². The summed E-state index contributed by atoms with van der Waals surface area (Å²) in [7, 11) is 3.10. The van der Waals surface area contributed by atoms with Gasteiger partial charge < -0.3 is 87.9 Å². The lowest BCUT2D eigenvalue weighted by Gasteiger charge is -2.28. The van der Waals surface area contributed by atoms with Crippen molar-refractivity contribution in [3.05, 3.63) is 94.8 Å². The van der Waals surface area contributed by atoms with E-state index in [0.717, 1.165) is 56.1 Å². The van der Waals surface area contributed by atoms with Gasteiger partial charge >= 0.3 is 0 Å². The lowest BCUT2D eigenvalue weighted by Crippen LogP contribution is -2.53. The lowest BCUT2D eigenvalue weighted by atomic mass is 9.95. The number of ether oxygens (including phenoxy) is 12. The average molecular weight is 1740 g/mol. The largest absolute Gasteiger partial charge is 0.493 e. The molecule has 2 unspecified atom stereocenters. The number of aliphatic imine (C=N–C) groups is 2. The number of thioether (sulfide) groups is 1. The summed E-state index contributed by atoms with van der Waals surface area (Å²) < 4.78 is 68.2. The van der Waals surface area contributed by atoms with Crippen molar-refractivity contribution >= 4 is 94.1 Å². The van der Waals surface area contributed by atoms with E-state index in [1.807, 2.05) is 30.7 Å². The molecule has 5 atom stereocenters. The van der Waals surface area contributed by atoms with Gasteiger partial charge in [-0.15, -0.1) is 11.8 Å². The van der Waals surface area contributed by atoms with Crippen LogP contribution < -0.4 is 40.2 Å². The van der Waals surface area contributed by atoms with E-state index in [1.54, 1.807) is 92.1 Å². The van der Waals surface area contributed by atoms with Crippen molar-refractivity contribution in [3.63, 3.8) is 0 Å². The van der Waals surface area contributed by atoms with Crippen LogP contribution in [0.5, 0.6) is 23.0 Å². The molecule has 0 radical (unpaired) electrons. The topological polar surface area (TPSA) is 330 Å². The number of hydrogen-bond acceptors (Lipinski definition) is 23. The van der Waals surface area contributed by atoms with E-state index in [4.69, 9.17) is 66.8 Å². The second-order valence-electron chi connectivity index (χ2n) is 33.6. The summed E-state index contributed by atoms with van der Waals surface area (Å²) in [6, 6.07) is 11.9. The van der Waals surface area contributed by atoms with Gasteiger partial charge in [-0.1, -0.05) is 116 Å². The van der Waals surface area contributed by atoms with Crippen LogP contribution >= 0.6 is 11.8 Å². The number of amides is 8. The Morgan fingerprint density at radius 1 is 0.532 bits per heavy atom. The molecule has 5 aliphatic heterocycles. The van der Waals surface area contributed by atoms with Crippen LogP contribution in [0.3, 0.4) is 0 Å². The molecule has 3 aromatic carbocycles. The fourth-order valence-electron chi connectivity index (χ4n) is 15.8. The predicted molar refractivity (Wildman–Crippen MR) is 477 cm³/mol. The highest BCUT2D eigenvalue weighted by Crippen LogP contribution is 2.46. The molecule has 0 bridgehead atoms. The predicted octanol–water partition coefficient (Wildman–Crippen LogP) is 13.6. The van der Waals surface area contributed by atoms with Crippen molar-refractivity contribution in [1.82, 2.24) is 30.7 Å². The Morgan fingerprint density at radius 2 is 1.03 bits per heavy atom. The number of carbonyl (C=O) groups is 8. The molecular weight excluding hydrogens is 1610 g/mol. The van der Waals surface area contributed by atoms with E-state index >= 15 is 0 Å². The molecule has 124 heavy (non-hydrogen) atoms. The van der Waals surface area contributed by atoms with Crippen LogP contribution in [0, 0.1) is 11.8 Å². The maximum Gasteiger partial charge on any atom is 0.260 e. The summed E-state index contributed by atoms with van der Waals surface area (Å²) in [5, 5.41) is 10.8. The van der Waals surface area contributed by atoms with Crippen molar-refractivity contribution in [1.29, 1.82) is 0 Å². The fraction of sp³-hybridized carbons (Fsp3) is 0.638. The highest BCUT2D eigenvalue weighted by Gasteiger charge is 2.43. The van der Waals surface area contributed by atoms with E-state index in [-0.39, 0.29) is 97.2 Å². The minimum Gasteiger partial charge on any atom is -0.493 e. The van der Waals surface area contributed by atoms with Crippen molar-refractivity contribution in [2.45, 2.75) is 229 Å². The molecule has 10 rings (SSSR count). The molecule has 5 heterocycles. The number of nitrogens with one attached hydrogen (secondary N) is 4. The van der Waals surface area contributed by atoms with Crippen LogP contribution in [0.1, 0.15) is 221 Å². The molecule has 1 saturated heterocycles. The molecule has 3 aromatic rings. The minimum absolute atomic E-state index is 0.0166. The van der Waals surface area contributed by atoms with Gasteiger partial charge in [-0.25, -0.2) is 0 Å². The van der Waals surface area contributed by atoms with Gasteiger partial charge in [-0.05, 0) is 130 Å². The van der Waals surface area contributed by atoms with Gasteiger partial charge in [0.1, 0.15) is 12.1 Å². The maximum atomic E-state index is 14.2. The summed E-state index contributed by atoms with van der Waals surface area (Å²) >= 11 is 1.61. The third kappa shape index (κ3) is 32.1. The van der Waals surface area contributed by atoms with Crippen molar-refractivity contribution in [3.8, 4) is 23.0 Å². The minimum atomic E-state index is -0.936. The number of hydrogen-bond donors (Lipinski definition) is 4. The molecule has 2 fully saturated rings. The summed E-state index contributed by atoms with van der Waals surface area (Å²) in [5.41, 5.74) is 6.99. The molecule has 4 N–H and O–H groups in total. The molecular formula is C94H135N9O20S. The van der Waals surface area contributed by atoms with Gasteiger partial charge in [-0.2, -0.15) is 0 Å². The molecule has 29 nitrogen and oxygen atoms in total. The highest BCUT2D eigenvalue weighted by molar-refractivity contribution is 8.02. The molecule has 0 spiro atoms. The van der Waals surface area contributed by atoms with Crippen LogP contribution in [0.2, 0.25) is 0 Å². The molecule has 2 aliphatic carbocycles. The van der Waals surface area contributed by atoms with E-state index in [9.17, 15) is 38.4 Å². The monoisotopic (exact) mass is 1740 g/mol. The summed E-state index contributed by atoms with van der Waals surface area (Å²) in [5.74, 6) is -0.0617. The Labute approximate surface area is 736 Å². The molecule has 1 saturated carbocycles. The lowest BCUT2D eigenvalue weighted by molar-refractivity contribution is -0.138. The van der Waals surface area contributed by atoms with Gasteiger partial charge in [0.05, 0.1) is 173 Å². The van der Waals surface area contributed by atoms with E-state index in [1.165, 1.54) is 113 Å². The van der Waals surface area contributed by atoms with Crippen LogP contribution in [0.15, 0.2) is 88.1 Å². The molecule has 7 aliphatic rings. The smallest absolute Gasteiger partial charge is 0.260 e. The molecule has 30 heteroatoms. The number of benzene rings is 3. The van der Waals surface area contributed by atoms with Crippen molar-refractivity contribution < 1.29 is 95.2 Å². The fourth-order valence-corrected chi connectivity index (χ4v) is 17.3. The van der Waals surface area contributed by atoms with E-state index in [2.05, 4.69) is 41.2 Å². The van der Waals surface area contributed by atoms with Crippen molar-refractivity contribution in [2.24, 2.45) is 21.8 Å². The van der Waals surface area contributed by atoms with Gasteiger partial charge in [-0.3, -0.25) is 53.2 Å². The summed E-state index contributed by atoms with van der Waals surface area (Å²) in [6.45, 7) is 16.4. The molecule has 8 amide bonds. The zero-order valence-electron chi connectivity index (χ0n) is 74.2. The first-order valence-corrected chi connectivity index (χ1v) is 46.1. The third-order valence-electron chi connectivity index (χ3n) is 22.8. The summed E-state index contributed by atoms with van der Waals surface area (Å²) in [4.78, 5) is 121. The number of allylic oxidation sites excluding steroid dienone is 2. The number of carbonyl (C=O) groups excluding carboxylic acids is 8. The number of rotatable bonds is 52. The SMILES string of the molecule is COc1cc2c(cc1OCCCCCOc1cc3c(cc1OC)C(=O)N1C=C(c4ccc(NC(=O)[C@@H](C)NC(=O)[C@H](NC(=O)CCOCCOCCOCCOCCOCCOCCOCCOCCNC(=O)CCN5C(=O)CC(SC(C)(C)C/C6=C/CCCCCCCCCCCCCC6)C5=O)C(C)C)cc4)C[C@@H]1C=N3)N=CC1CC(C3CC3)=CN1C2=O. The molecule has 682 valence electrons. The Morgan fingerprint density at radius 3 is 1.56 bits per heavy atom. The van der Waals surface area contributed by atoms with Gasteiger partial charge in [0.2, 0.25) is 35.4 Å². The normalized spacial score (nSPS) is 19.2. The number of fused-ring (bicyclic) bond motifs is 4. The number of methoxy groups -OCH3 is 2. The maximum absolute atomic E-state index is 14.2. The summed E-state index contributed by atoms with van der Waals surface area (Å²) in [6.07, 6.45) is 35.1. The van der Waals surface area contributed by atoms with Crippen LogP contribution in [0.4, 0.5) is 17.1 Å². The Bertz CT molecular complexity index is 4110. The van der Waals surface area contributed by atoms with Crippen LogP contribution in [-0.4, -0.2) is 255 Å². The number of imide groups is 1. The number of anilines is 1.